The van der Waals surface area contributed by atoms with Gasteiger partial charge in [0.15, 0.2) is 11.5 Å². The number of aromatic nitrogens is 2. The number of benzene rings is 1. The van der Waals surface area contributed by atoms with E-state index >= 15 is 0 Å². The molecule has 1 amide bonds. The first-order valence-electron chi connectivity index (χ1n) is 8.38. The Morgan fingerprint density at radius 2 is 1.93 bits per heavy atom. The fourth-order valence-electron chi connectivity index (χ4n) is 3.36. The third kappa shape index (κ3) is 4.12. The number of aryl methyl sites for hydroxylation is 1. The number of hydrogen-bond acceptors (Lipinski definition) is 6. The van der Waals surface area contributed by atoms with Crippen LogP contribution in [-0.2, 0) is 11.8 Å². The van der Waals surface area contributed by atoms with E-state index in [-0.39, 0.29) is 30.2 Å². The van der Waals surface area contributed by atoms with Gasteiger partial charge in [0.25, 0.3) is 0 Å². The molecule has 1 aliphatic rings. The van der Waals surface area contributed by atoms with Gasteiger partial charge >= 0.3 is 0 Å². The highest BCUT2D eigenvalue weighted by atomic mass is 35.5. The molecule has 2 heterocycles. The maximum atomic E-state index is 12.9. The summed E-state index contributed by atoms with van der Waals surface area (Å²) in [5, 5.41) is 10.5. The maximum Gasteiger partial charge on any atom is 0.229 e. The normalized spacial score (nSPS) is 18.5. The molecule has 3 rings (SSSR count). The van der Waals surface area contributed by atoms with E-state index in [2.05, 4.69) is 15.7 Å². The molecule has 27 heavy (non-hydrogen) atoms. The van der Waals surface area contributed by atoms with Gasteiger partial charge in [0.05, 0.1) is 39.1 Å². The van der Waals surface area contributed by atoms with Crippen LogP contribution < -0.4 is 24.8 Å². The number of hydrogen-bond donors (Lipinski definition) is 2. The molecule has 1 aliphatic heterocycles. The molecular formula is C18H25ClN4O4. The van der Waals surface area contributed by atoms with Crippen molar-refractivity contribution >= 4 is 24.0 Å². The molecule has 0 aliphatic carbocycles. The van der Waals surface area contributed by atoms with Crippen molar-refractivity contribution in [3.63, 3.8) is 0 Å². The monoisotopic (exact) mass is 396 g/mol. The standard InChI is InChI=1S/C18H24N4O4.ClH/c1-22-10-11(7-20-22)12-8-19-9-13(12)18(23)21-14-5-6-15(24-2)17(26-4)16(14)25-3;/h5-7,10,12-13,19H,8-9H2,1-4H3,(H,21,23);1H/t12-,13+;/m1./s1. The molecule has 1 saturated heterocycles. The van der Waals surface area contributed by atoms with Crippen molar-refractivity contribution in [1.82, 2.24) is 15.1 Å². The number of amides is 1. The van der Waals surface area contributed by atoms with Crippen molar-refractivity contribution in [2.45, 2.75) is 5.92 Å². The first kappa shape index (κ1) is 20.9. The fourth-order valence-corrected chi connectivity index (χ4v) is 3.36. The largest absolute Gasteiger partial charge is 0.493 e. The van der Waals surface area contributed by atoms with Crippen molar-refractivity contribution in [2.24, 2.45) is 13.0 Å². The number of anilines is 1. The Labute approximate surface area is 164 Å². The highest BCUT2D eigenvalue weighted by Crippen LogP contribution is 2.43. The van der Waals surface area contributed by atoms with E-state index in [0.717, 1.165) is 12.1 Å². The number of halogens is 1. The topological polar surface area (TPSA) is 86.6 Å². The number of ether oxygens (including phenoxy) is 3. The molecule has 8 nitrogen and oxygen atoms in total. The Morgan fingerprint density at radius 1 is 1.19 bits per heavy atom. The van der Waals surface area contributed by atoms with Crippen molar-refractivity contribution in [3.8, 4) is 17.2 Å². The number of carbonyl (C=O) groups excluding carboxylic acids is 1. The van der Waals surface area contributed by atoms with Crippen LogP contribution >= 0.6 is 12.4 Å². The van der Waals surface area contributed by atoms with Crippen LogP contribution in [0.15, 0.2) is 24.5 Å². The summed E-state index contributed by atoms with van der Waals surface area (Å²) in [6.07, 6.45) is 3.77. The number of nitrogens with one attached hydrogen (secondary N) is 2. The highest BCUT2D eigenvalue weighted by Gasteiger charge is 2.35. The molecule has 0 bridgehead atoms. The molecule has 0 unspecified atom stereocenters. The molecule has 0 saturated carbocycles. The Kier molecular flexibility index (Phi) is 6.92. The van der Waals surface area contributed by atoms with Gasteiger partial charge in [-0.15, -0.1) is 12.4 Å². The van der Waals surface area contributed by atoms with E-state index in [1.807, 2.05) is 19.4 Å². The van der Waals surface area contributed by atoms with E-state index in [4.69, 9.17) is 14.2 Å². The van der Waals surface area contributed by atoms with Crippen LogP contribution in [0.4, 0.5) is 5.69 Å². The summed E-state index contributed by atoms with van der Waals surface area (Å²) >= 11 is 0. The minimum atomic E-state index is -0.197. The zero-order chi connectivity index (χ0) is 18.7. The number of carbonyl (C=O) groups is 1. The Bertz CT molecular complexity index is 796. The Hall–Kier alpha value is -2.45. The Balaban J connectivity index is 0.00000261. The lowest BCUT2D eigenvalue weighted by Crippen LogP contribution is -2.28. The van der Waals surface area contributed by atoms with Crippen LogP contribution in [0.1, 0.15) is 11.5 Å². The van der Waals surface area contributed by atoms with Gasteiger partial charge in [0.1, 0.15) is 0 Å². The average Bonchev–Trinajstić information content (AvgIpc) is 3.29. The zero-order valence-electron chi connectivity index (χ0n) is 15.8. The van der Waals surface area contributed by atoms with Gasteiger partial charge in [-0.1, -0.05) is 0 Å². The molecule has 0 spiro atoms. The first-order valence-corrected chi connectivity index (χ1v) is 8.38. The minimum absolute atomic E-state index is 0. The summed E-state index contributed by atoms with van der Waals surface area (Å²) < 4.78 is 17.8. The van der Waals surface area contributed by atoms with Crippen LogP contribution in [0.5, 0.6) is 17.2 Å². The lowest BCUT2D eigenvalue weighted by molar-refractivity contribution is -0.119. The fraction of sp³-hybridized carbons (Fsp3) is 0.444. The summed E-state index contributed by atoms with van der Waals surface area (Å²) in [6, 6.07) is 3.49. The molecular weight excluding hydrogens is 372 g/mol. The molecule has 0 radical (unpaired) electrons. The molecule has 1 fully saturated rings. The zero-order valence-corrected chi connectivity index (χ0v) is 16.6. The molecule has 1 aromatic carbocycles. The molecule has 1 aromatic heterocycles. The van der Waals surface area contributed by atoms with E-state index in [1.54, 1.807) is 23.9 Å². The third-order valence-electron chi connectivity index (χ3n) is 4.67. The number of rotatable bonds is 6. The maximum absolute atomic E-state index is 12.9. The predicted octanol–water partition coefficient (Wildman–Crippen LogP) is 1.81. The van der Waals surface area contributed by atoms with Gasteiger partial charge in [-0.25, -0.2) is 0 Å². The second-order valence-electron chi connectivity index (χ2n) is 6.19. The van der Waals surface area contributed by atoms with Gasteiger partial charge < -0.3 is 24.8 Å². The lowest BCUT2D eigenvalue weighted by Gasteiger charge is -2.20. The van der Waals surface area contributed by atoms with Crippen LogP contribution in [0.3, 0.4) is 0 Å². The van der Waals surface area contributed by atoms with Crippen LogP contribution in [0.25, 0.3) is 0 Å². The van der Waals surface area contributed by atoms with Crippen LogP contribution in [0.2, 0.25) is 0 Å². The van der Waals surface area contributed by atoms with Gasteiger partial charge in [-0.3, -0.25) is 9.48 Å². The molecule has 9 heteroatoms. The van der Waals surface area contributed by atoms with E-state index in [1.165, 1.54) is 14.2 Å². The van der Waals surface area contributed by atoms with Gasteiger partial charge in [0.2, 0.25) is 11.7 Å². The van der Waals surface area contributed by atoms with Crippen molar-refractivity contribution in [3.05, 3.63) is 30.1 Å². The second kappa shape index (κ2) is 8.96. The average molecular weight is 397 g/mol. The Morgan fingerprint density at radius 3 is 2.52 bits per heavy atom. The highest BCUT2D eigenvalue weighted by molar-refractivity contribution is 5.95. The van der Waals surface area contributed by atoms with E-state index in [0.29, 0.717) is 29.5 Å². The first-order chi connectivity index (χ1) is 12.6. The van der Waals surface area contributed by atoms with Crippen molar-refractivity contribution in [1.29, 1.82) is 0 Å². The van der Waals surface area contributed by atoms with Gasteiger partial charge in [-0.2, -0.15) is 5.10 Å². The molecule has 2 atom stereocenters. The lowest BCUT2D eigenvalue weighted by atomic mass is 9.90. The molecule has 148 valence electrons. The summed E-state index contributed by atoms with van der Waals surface area (Å²) in [4.78, 5) is 12.9. The van der Waals surface area contributed by atoms with Gasteiger partial charge in [-0.05, 0) is 17.7 Å². The SMILES string of the molecule is COc1ccc(NC(=O)[C@H]2CNC[C@@H]2c2cnn(C)c2)c(OC)c1OC.Cl. The van der Waals surface area contributed by atoms with E-state index < -0.39 is 0 Å². The minimum Gasteiger partial charge on any atom is -0.493 e. The van der Waals surface area contributed by atoms with Gasteiger partial charge in [0, 0.05) is 32.3 Å². The van der Waals surface area contributed by atoms with E-state index in [9.17, 15) is 4.79 Å². The summed E-state index contributed by atoms with van der Waals surface area (Å²) in [7, 11) is 6.49. The molecule has 2 N–H and O–H groups in total. The van der Waals surface area contributed by atoms with Crippen molar-refractivity contribution in [2.75, 3.05) is 39.7 Å². The third-order valence-corrected chi connectivity index (χ3v) is 4.67. The quantitative estimate of drug-likeness (QED) is 0.774. The smallest absolute Gasteiger partial charge is 0.229 e. The summed E-state index contributed by atoms with van der Waals surface area (Å²) in [6.45, 7) is 1.36. The van der Waals surface area contributed by atoms with Crippen LogP contribution in [0, 0.1) is 5.92 Å². The van der Waals surface area contributed by atoms with Crippen molar-refractivity contribution < 1.29 is 19.0 Å². The van der Waals surface area contributed by atoms with Crippen LogP contribution in [-0.4, -0.2) is 50.1 Å². The number of nitrogens with zero attached hydrogens (tertiary/aromatic N) is 2. The molecule has 2 aromatic rings. The second-order valence-corrected chi connectivity index (χ2v) is 6.19. The number of methoxy groups -OCH3 is 3. The summed E-state index contributed by atoms with van der Waals surface area (Å²) in [5.74, 6) is 1.23. The predicted molar refractivity (Wildman–Crippen MR) is 104 cm³/mol. The summed E-state index contributed by atoms with van der Waals surface area (Å²) in [5.41, 5.74) is 1.60.